The van der Waals surface area contributed by atoms with Crippen LogP contribution in [0.1, 0.15) is 0 Å². The Balaban J connectivity index is 2.85. The maximum absolute atomic E-state index is 9.53. The lowest BCUT2D eigenvalue weighted by Crippen LogP contribution is -1.58. The van der Waals surface area contributed by atoms with Crippen LogP contribution in [0.25, 0.3) is 0 Å². The smallest absolute Gasteiger partial charge is 0.221 e. The highest BCUT2D eigenvalue weighted by atomic mass is 31.1. The van der Waals surface area contributed by atoms with E-state index in [1.807, 2.05) is 0 Å². The highest BCUT2D eigenvalue weighted by Gasteiger charge is 1.75. The topological polar surface area (TPSA) is 46.5 Å². The standard InChI is InChI=1S/CH5O3P/c1-5(3)4-2/h2,5H,1H3. The first-order chi connectivity index (χ1) is 2.27. The van der Waals surface area contributed by atoms with Crippen molar-refractivity contribution in [3.63, 3.8) is 0 Å². The fourth-order valence-corrected chi connectivity index (χ4v) is 0. The van der Waals surface area contributed by atoms with Gasteiger partial charge in [0.2, 0.25) is 8.03 Å². The molecular weight excluding hydrogens is 91.0 g/mol. The number of rotatable bonds is 1. The third-order valence-electron chi connectivity index (χ3n) is 0.129. The van der Waals surface area contributed by atoms with Crippen molar-refractivity contribution >= 4 is 8.03 Å². The first-order valence-corrected chi connectivity index (χ1v) is 2.91. The van der Waals surface area contributed by atoms with E-state index in [0.29, 0.717) is 0 Å². The van der Waals surface area contributed by atoms with Crippen molar-refractivity contribution in [1.82, 2.24) is 0 Å². The molecule has 0 aliphatic heterocycles. The van der Waals surface area contributed by atoms with E-state index in [4.69, 9.17) is 5.26 Å². The van der Waals surface area contributed by atoms with Gasteiger partial charge < -0.3 is 0 Å². The maximum atomic E-state index is 9.53. The van der Waals surface area contributed by atoms with Crippen LogP contribution in [0.5, 0.6) is 0 Å². The van der Waals surface area contributed by atoms with Gasteiger partial charge in [-0.15, -0.1) is 0 Å². The van der Waals surface area contributed by atoms with Gasteiger partial charge in [0.25, 0.3) is 0 Å². The van der Waals surface area contributed by atoms with Crippen molar-refractivity contribution in [3.8, 4) is 0 Å². The van der Waals surface area contributed by atoms with Crippen molar-refractivity contribution in [1.29, 1.82) is 0 Å². The molecule has 0 rings (SSSR count). The zero-order chi connectivity index (χ0) is 4.28. The minimum atomic E-state index is -2.07. The maximum Gasteiger partial charge on any atom is 0.221 e. The fraction of sp³-hybridized carbons (Fsp3) is 1.00. The van der Waals surface area contributed by atoms with Crippen LogP contribution >= 0.6 is 8.03 Å². The molecule has 0 amide bonds. The summed E-state index contributed by atoms with van der Waals surface area (Å²) in [5, 5.41) is 7.38. The van der Waals surface area contributed by atoms with Crippen molar-refractivity contribution in [2.45, 2.75) is 0 Å². The lowest BCUT2D eigenvalue weighted by atomic mass is 12.0. The van der Waals surface area contributed by atoms with Gasteiger partial charge in [-0.05, 0) is 0 Å². The minimum Gasteiger partial charge on any atom is -0.294 e. The third kappa shape index (κ3) is 4.15. The molecule has 4 heteroatoms. The monoisotopic (exact) mass is 96.0 g/mol. The van der Waals surface area contributed by atoms with Crippen LogP contribution in [-0.2, 0) is 9.24 Å². The van der Waals surface area contributed by atoms with Gasteiger partial charge in [0.1, 0.15) is 0 Å². The Morgan fingerprint density at radius 1 is 2.00 bits per heavy atom. The molecule has 0 bridgehead atoms. The molecule has 0 saturated heterocycles. The lowest BCUT2D eigenvalue weighted by Gasteiger charge is -1.76. The second-order valence-corrected chi connectivity index (χ2v) is 1.75. The Hall–Kier alpha value is 0.150. The predicted molar refractivity (Wildman–Crippen MR) is 18.6 cm³/mol. The second-order valence-electron chi connectivity index (χ2n) is 0.583. The zero-order valence-corrected chi connectivity index (χ0v) is 3.76. The first kappa shape index (κ1) is 5.15. The molecule has 0 aromatic carbocycles. The molecule has 1 N–H and O–H groups in total. The van der Waals surface area contributed by atoms with Crippen LogP contribution in [0.15, 0.2) is 0 Å². The second kappa shape index (κ2) is 2.39. The molecule has 0 spiro atoms. The summed E-state index contributed by atoms with van der Waals surface area (Å²) < 4.78 is 12.8. The van der Waals surface area contributed by atoms with Gasteiger partial charge in [-0.25, -0.2) is 5.26 Å². The Bertz CT molecular complexity index is 42.2. The average molecular weight is 96.0 g/mol. The number of hydrogen-bond donors (Lipinski definition) is 1. The molecule has 0 heterocycles. The van der Waals surface area contributed by atoms with Crippen LogP contribution < -0.4 is 0 Å². The largest absolute Gasteiger partial charge is 0.294 e. The average Bonchev–Trinajstić information content (AvgIpc) is 1.38. The van der Waals surface area contributed by atoms with E-state index in [1.54, 1.807) is 0 Å². The SMILES string of the molecule is C[PH](=O)OO. The van der Waals surface area contributed by atoms with Crippen LogP contribution in [0.3, 0.4) is 0 Å². The van der Waals surface area contributed by atoms with Crippen LogP contribution in [0.2, 0.25) is 0 Å². The zero-order valence-electron chi connectivity index (χ0n) is 2.76. The Labute approximate surface area is 30.4 Å². The van der Waals surface area contributed by atoms with E-state index >= 15 is 0 Å². The van der Waals surface area contributed by atoms with E-state index in [2.05, 4.69) is 4.67 Å². The Kier molecular flexibility index (Phi) is 2.46. The van der Waals surface area contributed by atoms with Crippen LogP contribution in [-0.4, -0.2) is 11.9 Å². The molecule has 1 unspecified atom stereocenters. The summed E-state index contributed by atoms with van der Waals surface area (Å²) in [6.45, 7) is 1.30. The summed E-state index contributed by atoms with van der Waals surface area (Å²) >= 11 is 0. The van der Waals surface area contributed by atoms with Crippen LogP contribution in [0.4, 0.5) is 0 Å². The van der Waals surface area contributed by atoms with Crippen molar-refractivity contribution in [2.75, 3.05) is 6.66 Å². The molecule has 0 saturated carbocycles. The normalized spacial score (nSPS) is 14.8. The van der Waals surface area contributed by atoms with Gasteiger partial charge in [-0.1, -0.05) is 0 Å². The van der Waals surface area contributed by atoms with Crippen molar-refractivity contribution < 1.29 is 14.5 Å². The van der Waals surface area contributed by atoms with E-state index in [-0.39, 0.29) is 0 Å². The van der Waals surface area contributed by atoms with Gasteiger partial charge in [0.15, 0.2) is 0 Å². The fourth-order valence-electron chi connectivity index (χ4n) is 0. The minimum absolute atomic E-state index is 1.30. The molecular formula is CH5O3P. The van der Waals surface area contributed by atoms with Crippen molar-refractivity contribution in [2.24, 2.45) is 0 Å². The highest BCUT2D eigenvalue weighted by Crippen LogP contribution is 2.10. The quantitative estimate of drug-likeness (QED) is 0.295. The summed E-state index contributed by atoms with van der Waals surface area (Å²) in [7, 11) is -2.07. The van der Waals surface area contributed by atoms with Gasteiger partial charge in [0.05, 0.1) is 0 Å². The molecule has 0 aromatic heterocycles. The number of hydrogen-bond acceptors (Lipinski definition) is 3. The molecule has 0 radical (unpaired) electrons. The molecule has 5 heavy (non-hydrogen) atoms. The van der Waals surface area contributed by atoms with Crippen LogP contribution in [0, 0.1) is 0 Å². The van der Waals surface area contributed by atoms with E-state index < -0.39 is 8.03 Å². The van der Waals surface area contributed by atoms with Gasteiger partial charge in [-0.3, -0.25) is 4.57 Å². The van der Waals surface area contributed by atoms with Gasteiger partial charge in [-0.2, -0.15) is 4.67 Å². The highest BCUT2D eigenvalue weighted by molar-refractivity contribution is 7.37. The molecule has 32 valence electrons. The van der Waals surface area contributed by atoms with Gasteiger partial charge >= 0.3 is 0 Å². The Morgan fingerprint density at radius 2 is 2.20 bits per heavy atom. The predicted octanol–water partition coefficient (Wildman–Crippen LogP) is 0.580. The summed E-state index contributed by atoms with van der Waals surface area (Å²) in [4.78, 5) is 0. The van der Waals surface area contributed by atoms with Gasteiger partial charge in [0, 0.05) is 6.66 Å². The Morgan fingerprint density at radius 3 is 2.20 bits per heavy atom. The first-order valence-electron chi connectivity index (χ1n) is 1.09. The molecule has 0 aromatic rings. The van der Waals surface area contributed by atoms with E-state index in [0.717, 1.165) is 0 Å². The summed E-state index contributed by atoms with van der Waals surface area (Å²) in [6.07, 6.45) is 0. The van der Waals surface area contributed by atoms with E-state index in [9.17, 15) is 4.57 Å². The van der Waals surface area contributed by atoms with E-state index in [1.165, 1.54) is 6.66 Å². The molecule has 0 fully saturated rings. The van der Waals surface area contributed by atoms with Crippen molar-refractivity contribution in [3.05, 3.63) is 0 Å². The molecule has 3 nitrogen and oxygen atoms in total. The molecule has 0 aliphatic rings. The molecule has 0 aliphatic carbocycles. The molecule has 1 atom stereocenters. The lowest BCUT2D eigenvalue weighted by molar-refractivity contribution is -0.129. The third-order valence-corrected chi connectivity index (χ3v) is 0.386. The summed E-state index contributed by atoms with van der Waals surface area (Å²) in [5.41, 5.74) is 0. The summed E-state index contributed by atoms with van der Waals surface area (Å²) in [6, 6.07) is 0. The summed E-state index contributed by atoms with van der Waals surface area (Å²) in [5.74, 6) is 0.